The van der Waals surface area contributed by atoms with Gasteiger partial charge in [0.2, 0.25) is 0 Å². The van der Waals surface area contributed by atoms with Crippen LogP contribution in [0.15, 0.2) is 4.47 Å². The lowest BCUT2D eigenvalue weighted by molar-refractivity contribution is 0.903. The quantitative estimate of drug-likeness (QED) is 0.755. The topological polar surface area (TPSA) is 28.7 Å². The fourth-order valence-corrected chi connectivity index (χ4v) is 1.25. The highest BCUT2D eigenvalue weighted by atomic mass is 79.9. The van der Waals surface area contributed by atoms with Gasteiger partial charge < -0.3 is 4.98 Å². The highest BCUT2D eigenvalue weighted by Crippen LogP contribution is 2.14. The van der Waals surface area contributed by atoms with Crippen molar-refractivity contribution >= 4 is 28.1 Å². The lowest BCUT2D eigenvalue weighted by Crippen LogP contribution is -1.96. The number of H-pyrrole nitrogens is 1. The summed E-state index contributed by atoms with van der Waals surface area (Å²) in [6, 6.07) is 0. The first-order valence-electron chi connectivity index (χ1n) is 3.40. The Morgan fingerprint density at radius 2 is 2.27 bits per heavy atom. The Hall–Kier alpha value is -0.220. The normalized spacial score (nSPS) is 10.1. The van der Waals surface area contributed by atoms with Gasteiger partial charge in [0.1, 0.15) is 10.5 Å². The fourth-order valence-electron chi connectivity index (χ4n) is 0.799. The minimum atomic E-state index is 0.637. The second-order valence-corrected chi connectivity index (χ2v) is 3.46. The van der Waals surface area contributed by atoms with E-state index in [1.165, 1.54) is 0 Å². The van der Waals surface area contributed by atoms with E-state index >= 15 is 0 Å². The van der Waals surface area contributed by atoms with Gasteiger partial charge in [-0.05, 0) is 22.9 Å². The molecule has 2 nitrogen and oxygen atoms in total. The first-order valence-corrected chi connectivity index (χ1v) is 4.60. The number of aromatic nitrogens is 2. The van der Waals surface area contributed by atoms with E-state index in [9.17, 15) is 0 Å². The van der Waals surface area contributed by atoms with E-state index in [1.807, 2.05) is 13.8 Å². The molecule has 1 aromatic heterocycles. The van der Waals surface area contributed by atoms with Crippen LogP contribution in [0.25, 0.3) is 0 Å². The average Bonchev–Trinajstić information content (AvgIpc) is 1.99. The first-order chi connectivity index (χ1) is 5.15. The molecule has 4 heteroatoms. The first kappa shape index (κ1) is 8.87. The molecule has 0 radical (unpaired) electrons. The van der Waals surface area contributed by atoms with E-state index in [1.54, 1.807) is 0 Å². The van der Waals surface area contributed by atoms with E-state index in [0.717, 1.165) is 22.4 Å². The van der Waals surface area contributed by atoms with Gasteiger partial charge in [0, 0.05) is 12.1 Å². The van der Waals surface area contributed by atoms with E-state index in [-0.39, 0.29) is 0 Å². The van der Waals surface area contributed by atoms with E-state index < -0.39 is 0 Å². The molecule has 0 amide bonds. The molecule has 0 fully saturated rings. The van der Waals surface area contributed by atoms with Crippen molar-refractivity contribution < 1.29 is 0 Å². The SMILES string of the molecule is CCc1nc(=S)c(Br)c(C)[nH]1. The summed E-state index contributed by atoms with van der Waals surface area (Å²) >= 11 is 8.36. The predicted octanol–water partition coefficient (Wildman–Crippen LogP) is 2.77. The van der Waals surface area contributed by atoms with Crippen molar-refractivity contribution in [1.29, 1.82) is 0 Å². The Bertz CT molecular complexity index is 319. The maximum Gasteiger partial charge on any atom is 0.144 e. The van der Waals surface area contributed by atoms with Crippen LogP contribution in [0.2, 0.25) is 0 Å². The van der Waals surface area contributed by atoms with E-state index in [2.05, 4.69) is 25.9 Å². The number of halogens is 1. The molecule has 1 aromatic rings. The Labute approximate surface area is 79.2 Å². The molecule has 1 N–H and O–H groups in total. The third-order valence-electron chi connectivity index (χ3n) is 1.42. The summed E-state index contributed by atoms with van der Waals surface area (Å²) in [6.07, 6.45) is 0.887. The molecule has 1 heterocycles. The van der Waals surface area contributed by atoms with Crippen molar-refractivity contribution in [2.24, 2.45) is 0 Å². The fraction of sp³-hybridized carbons (Fsp3) is 0.429. The van der Waals surface area contributed by atoms with Crippen LogP contribution in [0.1, 0.15) is 18.4 Å². The van der Waals surface area contributed by atoms with Gasteiger partial charge in [-0.3, -0.25) is 0 Å². The van der Waals surface area contributed by atoms with Gasteiger partial charge in [-0.2, -0.15) is 0 Å². The van der Waals surface area contributed by atoms with Crippen LogP contribution in [-0.2, 0) is 6.42 Å². The van der Waals surface area contributed by atoms with Crippen LogP contribution in [0, 0.1) is 11.6 Å². The molecule has 0 saturated carbocycles. The smallest absolute Gasteiger partial charge is 0.144 e. The largest absolute Gasteiger partial charge is 0.346 e. The molecule has 0 saturated heterocycles. The Morgan fingerprint density at radius 3 is 2.73 bits per heavy atom. The van der Waals surface area contributed by atoms with Crippen LogP contribution < -0.4 is 0 Å². The van der Waals surface area contributed by atoms with Gasteiger partial charge in [0.25, 0.3) is 0 Å². The summed E-state index contributed by atoms with van der Waals surface area (Å²) in [5.74, 6) is 0.940. The number of aryl methyl sites for hydroxylation is 2. The van der Waals surface area contributed by atoms with Crippen molar-refractivity contribution in [3.63, 3.8) is 0 Å². The van der Waals surface area contributed by atoms with Crippen molar-refractivity contribution in [3.8, 4) is 0 Å². The molecular formula is C7H9BrN2S. The minimum Gasteiger partial charge on any atom is -0.346 e. The highest BCUT2D eigenvalue weighted by Gasteiger charge is 1.99. The summed E-state index contributed by atoms with van der Waals surface area (Å²) in [6.45, 7) is 4.02. The van der Waals surface area contributed by atoms with Crippen molar-refractivity contribution in [1.82, 2.24) is 9.97 Å². The van der Waals surface area contributed by atoms with Crippen LogP contribution in [0.5, 0.6) is 0 Å². The summed E-state index contributed by atoms with van der Waals surface area (Å²) in [5.41, 5.74) is 1.04. The molecule has 0 aliphatic rings. The molecule has 0 unspecified atom stereocenters. The second-order valence-electron chi connectivity index (χ2n) is 2.28. The van der Waals surface area contributed by atoms with Crippen molar-refractivity contribution in [2.75, 3.05) is 0 Å². The molecule has 0 spiro atoms. The molecule has 11 heavy (non-hydrogen) atoms. The second kappa shape index (κ2) is 3.45. The molecule has 0 aliphatic heterocycles. The summed E-state index contributed by atoms with van der Waals surface area (Å²) in [7, 11) is 0. The van der Waals surface area contributed by atoms with Crippen LogP contribution in [-0.4, -0.2) is 9.97 Å². The number of rotatable bonds is 1. The zero-order chi connectivity index (χ0) is 8.43. The Kier molecular flexibility index (Phi) is 2.78. The highest BCUT2D eigenvalue weighted by molar-refractivity contribution is 9.10. The zero-order valence-electron chi connectivity index (χ0n) is 6.44. The summed E-state index contributed by atoms with van der Waals surface area (Å²) in [4.78, 5) is 7.31. The van der Waals surface area contributed by atoms with Crippen LogP contribution in [0.3, 0.4) is 0 Å². The van der Waals surface area contributed by atoms with Gasteiger partial charge in [0.15, 0.2) is 0 Å². The standard InChI is InChI=1S/C7H9BrN2S/c1-3-5-9-4(2)6(8)7(11)10-5/h3H2,1-2H3,(H,9,10,11). The average molecular weight is 233 g/mol. The third-order valence-corrected chi connectivity index (χ3v) is 2.95. The minimum absolute atomic E-state index is 0.637. The van der Waals surface area contributed by atoms with Crippen LogP contribution in [0.4, 0.5) is 0 Å². The number of hydrogen-bond acceptors (Lipinski definition) is 2. The Morgan fingerprint density at radius 1 is 1.64 bits per heavy atom. The number of aromatic amines is 1. The van der Waals surface area contributed by atoms with Gasteiger partial charge in [-0.1, -0.05) is 19.1 Å². The molecule has 60 valence electrons. The number of nitrogens with one attached hydrogen (secondary N) is 1. The Balaban J connectivity index is 3.32. The lowest BCUT2D eigenvalue weighted by atomic mass is 10.4. The lowest BCUT2D eigenvalue weighted by Gasteiger charge is -2.01. The molecule has 0 aromatic carbocycles. The third kappa shape index (κ3) is 1.87. The maximum absolute atomic E-state index is 5.02. The molecule has 0 bridgehead atoms. The van der Waals surface area contributed by atoms with Gasteiger partial charge >= 0.3 is 0 Å². The predicted molar refractivity (Wildman–Crippen MR) is 51.2 cm³/mol. The molecule has 0 atom stereocenters. The van der Waals surface area contributed by atoms with Crippen molar-refractivity contribution in [2.45, 2.75) is 20.3 Å². The molecule has 1 rings (SSSR count). The van der Waals surface area contributed by atoms with E-state index in [0.29, 0.717) is 4.64 Å². The molecular weight excluding hydrogens is 224 g/mol. The van der Waals surface area contributed by atoms with E-state index in [4.69, 9.17) is 12.2 Å². The number of hydrogen-bond donors (Lipinski definition) is 1. The zero-order valence-corrected chi connectivity index (χ0v) is 8.84. The summed E-state index contributed by atoms with van der Waals surface area (Å²) < 4.78 is 1.53. The summed E-state index contributed by atoms with van der Waals surface area (Å²) in [5, 5.41) is 0. The number of nitrogens with zero attached hydrogens (tertiary/aromatic N) is 1. The van der Waals surface area contributed by atoms with Gasteiger partial charge in [0.05, 0.1) is 4.47 Å². The van der Waals surface area contributed by atoms with Crippen LogP contribution >= 0.6 is 28.1 Å². The maximum atomic E-state index is 5.02. The molecule has 0 aliphatic carbocycles. The van der Waals surface area contributed by atoms with Gasteiger partial charge in [-0.15, -0.1) is 0 Å². The monoisotopic (exact) mass is 232 g/mol. The van der Waals surface area contributed by atoms with Crippen molar-refractivity contribution in [3.05, 3.63) is 20.6 Å². The van der Waals surface area contributed by atoms with Gasteiger partial charge in [-0.25, -0.2) is 4.98 Å².